The number of carbonyl (C=O) groups is 2. The fraction of sp³-hybridized carbons (Fsp3) is 0.167. The second-order valence-electron chi connectivity index (χ2n) is 8.01. The van der Waals surface area contributed by atoms with Gasteiger partial charge in [-0.2, -0.15) is 15.1 Å². The number of nitrogens with zero attached hydrogens (tertiary/aromatic N) is 7. The van der Waals surface area contributed by atoms with E-state index in [1.807, 2.05) is 0 Å². The highest BCUT2D eigenvalue weighted by Gasteiger charge is 2.21. The van der Waals surface area contributed by atoms with Gasteiger partial charge >= 0.3 is 11.0 Å². The van der Waals surface area contributed by atoms with E-state index in [0.717, 1.165) is 11.3 Å². The van der Waals surface area contributed by atoms with Gasteiger partial charge in [0, 0.05) is 24.8 Å². The van der Waals surface area contributed by atoms with E-state index < -0.39 is 16.6 Å². The fourth-order valence-electron chi connectivity index (χ4n) is 3.48. The largest absolute Gasteiger partial charge is 0.473 e. The van der Waals surface area contributed by atoms with Crippen LogP contribution in [0.5, 0.6) is 5.88 Å². The van der Waals surface area contributed by atoms with Crippen LogP contribution in [0.15, 0.2) is 54.9 Å². The normalized spacial score (nSPS) is 10.9. The van der Waals surface area contributed by atoms with Crippen molar-refractivity contribution in [3.63, 3.8) is 0 Å². The predicted octanol–water partition coefficient (Wildman–Crippen LogP) is 3.69. The molecule has 1 N–H and O–H groups in total. The minimum Gasteiger partial charge on any atom is -0.473 e. The maximum atomic E-state index is 13.5. The number of nitro groups is 1. The summed E-state index contributed by atoms with van der Waals surface area (Å²) >= 11 is 0.717. The third-order valence-electron chi connectivity index (χ3n) is 5.37. The van der Waals surface area contributed by atoms with Crippen molar-refractivity contribution in [3.8, 4) is 17.5 Å². The molecular weight excluding hydrogens is 547 g/mol. The van der Waals surface area contributed by atoms with Crippen LogP contribution < -0.4 is 10.1 Å². The van der Waals surface area contributed by atoms with E-state index >= 15 is 0 Å². The average molecular weight is 567 g/mol. The number of ether oxygens (including phenoxy) is 2. The number of hydrogen-bond donors (Lipinski definition) is 1. The Morgan fingerprint density at radius 1 is 1.12 bits per heavy atom. The summed E-state index contributed by atoms with van der Waals surface area (Å²) in [5.41, 5.74) is 0.770. The molecule has 14 nitrogen and oxygen atoms in total. The molecule has 0 aliphatic heterocycles. The first-order valence-electron chi connectivity index (χ1n) is 11.7. The Labute approximate surface area is 228 Å². The molecule has 1 amide bonds. The summed E-state index contributed by atoms with van der Waals surface area (Å²) in [4.78, 5) is 43.8. The third kappa shape index (κ3) is 5.60. The van der Waals surface area contributed by atoms with Crippen LogP contribution in [0.25, 0.3) is 22.7 Å². The standard InChI is InChI=1S/C24H19FN8O6S/c1-2-20(34)39-12-11-38-18-9-10-31(30-18)24-28-21(27-23(35)17-7-8-19(40-17)33(36)37)16-13-26-32(22(16)29-24)15-5-3-14(25)4-6-15/h3-10,13H,2,11-12H2,1H3,(H,27,28,29,35). The van der Waals surface area contributed by atoms with E-state index in [2.05, 4.69) is 25.5 Å². The number of amides is 1. The van der Waals surface area contributed by atoms with Gasteiger partial charge in [0.15, 0.2) is 5.65 Å². The molecule has 5 aromatic rings. The second kappa shape index (κ2) is 11.2. The number of fused-ring (bicyclic) bond motifs is 1. The van der Waals surface area contributed by atoms with Crippen LogP contribution in [0.3, 0.4) is 0 Å². The minimum atomic E-state index is -0.621. The number of halogens is 1. The number of carbonyl (C=O) groups excluding carboxylic acids is 2. The lowest BCUT2D eigenvalue weighted by molar-refractivity contribution is -0.380. The first-order valence-corrected chi connectivity index (χ1v) is 12.6. The van der Waals surface area contributed by atoms with Crippen LogP contribution in [-0.2, 0) is 9.53 Å². The number of rotatable bonds is 10. The number of anilines is 1. The maximum absolute atomic E-state index is 13.5. The average Bonchev–Trinajstić information content (AvgIpc) is 3.71. The monoisotopic (exact) mass is 566 g/mol. The molecule has 1 aromatic carbocycles. The van der Waals surface area contributed by atoms with Crippen molar-refractivity contribution in [3.05, 3.63) is 75.7 Å². The van der Waals surface area contributed by atoms with Crippen LogP contribution in [0.1, 0.15) is 23.0 Å². The molecule has 5 rings (SSSR count). The van der Waals surface area contributed by atoms with Crippen LogP contribution in [-0.4, -0.2) is 59.5 Å². The molecule has 40 heavy (non-hydrogen) atoms. The third-order valence-corrected chi connectivity index (χ3v) is 6.41. The van der Waals surface area contributed by atoms with E-state index in [1.165, 1.54) is 58.2 Å². The van der Waals surface area contributed by atoms with Gasteiger partial charge in [0.05, 0.1) is 27.1 Å². The molecule has 0 saturated heterocycles. The molecule has 0 bridgehead atoms. The van der Waals surface area contributed by atoms with Crippen LogP contribution >= 0.6 is 11.3 Å². The molecular formula is C24H19FN8O6S. The number of hydrogen-bond acceptors (Lipinski definition) is 11. The summed E-state index contributed by atoms with van der Waals surface area (Å²) in [7, 11) is 0. The van der Waals surface area contributed by atoms with Crippen molar-refractivity contribution in [1.29, 1.82) is 0 Å². The molecule has 204 valence electrons. The summed E-state index contributed by atoms with van der Waals surface area (Å²) < 4.78 is 26.8. The van der Waals surface area contributed by atoms with Gasteiger partial charge < -0.3 is 14.8 Å². The van der Waals surface area contributed by atoms with E-state index in [4.69, 9.17) is 9.47 Å². The molecule has 0 spiro atoms. The van der Waals surface area contributed by atoms with Gasteiger partial charge in [-0.1, -0.05) is 18.3 Å². The van der Waals surface area contributed by atoms with Crippen molar-refractivity contribution in [2.75, 3.05) is 18.5 Å². The van der Waals surface area contributed by atoms with Gasteiger partial charge in [0.1, 0.15) is 24.8 Å². The zero-order chi connectivity index (χ0) is 28.2. The highest BCUT2D eigenvalue weighted by molar-refractivity contribution is 7.17. The number of benzene rings is 1. The van der Waals surface area contributed by atoms with E-state index in [0.29, 0.717) is 11.1 Å². The Balaban J connectivity index is 1.49. The van der Waals surface area contributed by atoms with E-state index in [1.54, 1.807) is 13.0 Å². The molecule has 0 atom stereocenters. The molecule has 4 aromatic heterocycles. The number of nitrogens with one attached hydrogen (secondary N) is 1. The molecule has 0 aliphatic carbocycles. The lowest BCUT2D eigenvalue weighted by Gasteiger charge is -2.09. The minimum absolute atomic E-state index is 0.0380. The van der Waals surface area contributed by atoms with Gasteiger partial charge in [-0.3, -0.25) is 19.7 Å². The SMILES string of the molecule is CCC(=O)OCCOc1ccn(-c2nc(NC(=O)c3ccc([N+](=O)[O-])s3)c3cnn(-c4ccc(F)cc4)c3n2)n1. The van der Waals surface area contributed by atoms with Crippen LogP contribution in [0, 0.1) is 15.9 Å². The molecule has 0 unspecified atom stereocenters. The summed E-state index contributed by atoms with van der Waals surface area (Å²) in [6, 6.07) is 9.69. The Bertz CT molecular complexity index is 1710. The second-order valence-corrected chi connectivity index (χ2v) is 9.07. The van der Waals surface area contributed by atoms with Crippen molar-refractivity contribution in [2.24, 2.45) is 0 Å². The first kappa shape index (κ1) is 26.4. The van der Waals surface area contributed by atoms with Gasteiger partial charge in [-0.25, -0.2) is 13.8 Å². The Hall–Kier alpha value is -5.25. The number of esters is 1. The quantitative estimate of drug-likeness (QED) is 0.114. The van der Waals surface area contributed by atoms with Crippen molar-refractivity contribution in [1.82, 2.24) is 29.5 Å². The summed E-state index contributed by atoms with van der Waals surface area (Å²) in [5, 5.41) is 22.5. The van der Waals surface area contributed by atoms with E-state index in [9.17, 15) is 24.1 Å². The molecule has 0 fully saturated rings. The van der Waals surface area contributed by atoms with E-state index in [-0.39, 0.29) is 58.8 Å². The highest BCUT2D eigenvalue weighted by Crippen LogP contribution is 2.28. The summed E-state index contributed by atoms with van der Waals surface area (Å²) in [5.74, 6) is -1.08. The maximum Gasteiger partial charge on any atom is 0.324 e. The van der Waals surface area contributed by atoms with Gasteiger partial charge in [0.2, 0.25) is 5.88 Å². The van der Waals surface area contributed by atoms with Gasteiger partial charge in [-0.05, 0) is 30.3 Å². The van der Waals surface area contributed by atoms with Crippen molar-refractivity contribution >= 4 is 45.1 Å². The topological polar surface area (TPSA) is 169 Å². The number of aromatic nitrogens is 6. The van der Waals surface area contributed by atoms with Crippen molar-refractivity contribution < 1.29 is 28.4 Å². The Morgan fingerprint density at radius 3 is 2.65 bits per heavy atom. The van der Waals surface area contributed by atoms with Crippen LogP contribution in [0.4, 0.5) is 15.2 Å². The van der Waals surface area contributed by atoms with Gasteiger partial charge in [0.25, 0.3) is 11.9 Å². The lowest BCUT2D eigenvalue weighted by atomic mass is 10.3. The smallest absolute Gasteiger partial charge is 0.324 e. The zero-order valence-electron chi connectivity index (χ0n) is 20.7. The Morgan fingerprint density at radius 2 is 1.93 bits per heavy atom. The fourth-order valence-corrected chi connectivity index (χ4v) is 4.20. The molecule has 4 heterocycles. The molecule has 0 saturated carbocycles. The Kier molecular flexibility index (Phi) is 7.41. The predicted molar refractivity (Wildman–Crippen MR) is 139 cm³/mol. The van der Waals surface area contributed by atoms with Crippen molar-refractivity contribution in [2.45, 2.75) is 13.3 Å². The first-order chi connectivity index (χ1) is 19.3. The van der Waals surface area contributed by atoms with Gasteiger partial charge in [-0.15, -0.1) is 5.10 Å². The molecule has 16 heteroatoms. The summed E-state index contributed by atoms with van der Waals surface area (Å²) in [6.07, 6.45) is 3.22. The molecule has 0 radical (unpaired) electrons. The lowest BCUT2D eigenvalue weighted by Crippen LogP contribution is -2.14. The van der Waals surface area contributed by atoms with Crippen LogP contribution in [0.2, 0.25) is 0 Å². The molecule has 0 aliphatic rings. The number of thiophene rings is 1. The highest BCUT2D eigenvalue weighted by atomic mass is 32.1. The zero-order valence-corrected chi connectivity index (χ0v) is 21.5. The summed E-state index contributed by atoms with van der Waals surface area (Å²) in [6.45, 7) is 1.81.